The molecule has 0 radical (unpaired) electrons. The van der Waals surface area contributed by atoms with Crippen LogP contribution in [0.5, 0.6) is 0 Å². The van der Waals surface area contributed by atoms with Gasteiger partial charge in [0.25, 0.3) is 0 Å². The fourth-order valence-electron chi connectivity index (χ4n) is 2.84. The summed E-state index contributed by atoms with van der Waals surface area (Å²) in [7, 11) is 1.77. The fraction of sp³-hybridized carbons (Fsp3) is 0.222. The molecule has 0 spiro atoms. The van der Waals surface area contributed by atoms with Gasteiger partial charge >= 0.3 is 0 Å². The largest absolute Gasteiger partial charge is 0.512 e. The number of hydrogen-bond acceptors (Lipinski definition) is 5. The van der Waals surface area contributed by atoms with E-state index < -0.39 is 0 Å². The first kappa shape index (κ1) is 18.0. The van der Waals surface area contributed by atoms with Crippen LogP contribution in [0.25, 0.3) is 5.57 Å². The Labute approximate surface area is 160 Å². The first-order chi connectivity index (χ1) is 12.0. The number of thioether (sulfide) groups is 1. The summed E-state index contributed by atoms with van der Waals surface area (Å²) in [6.45, 7) is 5.96. The summed E-state index contributed by atoms with van der Waals surface area (Å²) in [6, 6.07) is 9.80. The van der Waals surface area contributed by atoms with E-state index in [1.807, 2.05) is 30.3 Å². The van der Waals surface area contributed by atoms with Crippen molar-refractivity contribution in [3.8, 4) is 0 Å². The van der Waals surface area contributed by atoms with Crippen LogP contribution < -0.4 is 0 Å². The minimum absolute atomic E-state index is 0.0410. The molecular formula is C18H18ClN3OS2. The number of allylic oxidation sites excluding steroid dienone is 2. The van der Waals surface area contributed by atoms with E-state index in [4.69, 9.17) is 11.6 Å². The molecule has 1 aromatic carbocycles. The van der Waals surface area contributed by atoms with Crippen LogP contribution in [0.2, 0.25) is 4.47 Å². The van der Waals surface area contributed by atoms with Crippen LogP contribution in [-0.4, -0.2) is 33.0 Å². The molecule has 25 heavy (non-hydrogen) atoms. The lowest BCUT2D eigenvalue weighted by molar-refractivity contribution is 0.409. The molecule has 2 aromatic rings. The number of thiazole rings is 1. The van der Waals surface area contributed by atoms with E-state index in [1.165, 1.54) is 11.3 Å². The lowest BCUT2D eigenvalue weighted by Gasteiger charge is -2.29. The summed E-state index contributed by atoms with van der Waals surface area (Å²) >= 11 is 9.15. The van der Waals surface area contributed by atoms with Gasteiger partial charge in [-0.15, -0.1) is 11.3 Å². The Hall–Kier alpha value is -1.76. The molecule has 1 aromatic heterocycles. The van der Waals surface area contributed by atoms with Crippen LogP contribution in [0.15, 0.2) is 59.6 Å². The highest BCUT2D eigenvalue weighted by Crippen LogP contribution is 2.43. The standard InChI is InChI=1S/C18H18ClN3OS2/c1-11(16(12(2)23)13-7-5-4-6-8-13)22-14(10-24-18(22)20-3)15-9-21-17(19)25-15/h4-9,14,23H,1,10H2,2-3H3/b16-12-,20-18?. The molecule has 1 aliphatic rings. The molecule has 0 aliphatic carbocycles. The van der Waals surface area contributed by atoms with Gasteiger partial charge in [0.15, 0.2) is 9.63 Å². The van der Waals surface area contributed by atoms with Crippen molar-refractivity contribution in [3.63, 3.8) is 0 Å². The number of aromatic nitrogens is 1. The highest BCUT2D eigenvalue weighted by atomic mass is 35.5. The zero-order valence-corrected chi connectivity index (χ0v) is 16.3. The van der Waals surface area contributed by atoms with Crippen LogP contribution in [0.1, 0.15) is 23.4 Å². The van der Waals surface area contributed by atoms with Crippen LogP contribution in [-0.2, 0) is 0 Å². The number of nitrogens with zero attached hydrogens (tertiary/aromatic N) is 3. The van der Waals surface area contributed by atoms with Crippen molar-refractivity contribution < 1.29 is 5.11 Å². The maximum Gasteiger partial charge on any atom is 0.183 e. The number of benzene rings is 1. The second-order valence-electron chi connectivity index (χ2n) is 5.49. The fourth-order valence-corrected chi connectivity index (χ4v) is 5.14. The minimum atomic E-state index is 0.0410. The third-order valence-electron chi connectivity index (χ3n) is 3.91. The SMILES string of the molecule is C=C(/C(=C(\C)O)c1ccccc1)N1C(=NC)SCC1c1cnc(Cl)s1. The topological polar surface area (TPSA) is 48.7 Å². The number of amidine groups is 1. The lowest BCUT2D eigenvalue weighted by Crippen LogP contribution is -2.27. The maximum atomic E-state index is 10.3. The van der Waals surface area contributed by atoms with Gasteiger partial charge in [0.05, 0.1) is 11.8 Å². The summed E-state index contributed by atoms with van der Waals surface area (Å²) in [6.07, 6.45) is 1.80. The average molecular weight is 392 g/mol. The molecule has 1 unspecified atom stereocenters. The van der Waals surface area contributed by atoms with E-state index in [2.05, 4.69) is 21.5 Å². The van der Waals surface area contributed by atoms with Gasteiger partial charge in [-0.05, 0) is 12.5 Å². The number of aliphatic hydroxyl groups is 1. The van der Waals surface area contributed by atoms with Crippen molar-refractivity contribution in [3.05, 3.63) is 69.5 Å². The molecule has 0 amide bonds. The summed E-state index contributed by atoms with van der Waals surface area (Å²) in [4.78, 5) is 11.7. The Balaban J connectivity index is 2.03. The maximum absolute atomic E-state index is 10.3. The molecule has 4 nitrogen and oxygen atoms in total. The lowest BCUT2D eigenvalue weighted by atomic mass is 10.0. The minimum Gasteiger partial charge on any atom is -0.512 e. The monoisotopic (exact) mass is 391 g/mol. The normalized spacial score (nSPS) is 20.0. The van der Waals surface area contributed by atoms with E-state index in [-0.39, 0.29) is 11.8 Å². The van der Waals surface area contributed by atoms with E-state index in [0.717, 1.165) is 21.4 Å². The van der Waals surface area contributed by atoms with E-state index >= 15 is 0 Å². The van der Waals surface area contributed by atoms with Crippen molar-refractivity contribution in [1.29, 1.82) is 0 Å². The zero-order valence-electron chi connectivity index (χ0n) is 13.9. The van der Waals surface area contributed by atoms with Gasteiger partial charge in [-0.25, -0.2) is 4.98 Å². The molecule has 1 saturated heterocycles. The third kappa shape index (κ3) is 3.61. The molecule has 7 heteroatoms. The highest BCUT2D eigenvalue weighted by molar-refractivity contribution is 8.14. The van der Waals surface area contributed by atoms with Gasteiger partial charge in [-0.1, -0.05) is 60.3 Å². The van der Waals surface area contributed by atoms with Crippen LogP contribution in [0.3, 0.4) is 0 Å². The molecule has 0 bridgehead atoms. The van der Waals surface area contributed by atoms with Crippen LogP contribution in [0, 0.1) is 0 Å². The van der Waals surface area contributed by atoms with Gasteiger partial charge in [-0.3, -0.25) is 4.99 Å². The molecule has 130 valence electrons. The van der Waals surface area contributed by atoms with Crippen molar-refractivity contribution in [1.82, 2.24) is 9.88 Å². The third-order valence-corrected chi connectivity index (χ3v) is 6.24. The predicted molar refractivity (Wildman–Crippen MR) is 108 cm³/mol. The molecule has 2 heterocycles. The smallest absolute Gasteiger partial charge is 0.183 e. The Morgan fingerprint density at radius 3 is 2.68 bits per heavy atom. The summed E-state index contributed by atoms with van der Waals surface area (Å²) < 4.78 is 0.518. The van der Waals surface area contributed by atoms with E-state index in [1.54, 1.807) is 31.9 Å². The molecule has 0 saturated carbocycles. The van der Waals surface area contributed by atoms with Gasteiger partial charge in [0, 0.05) is 35.1 Å². The summed E-state index contributed by atoms with van der Waals surface area (Å²) in [5.41, 5.74) is 2.34. The second-order valence-corrected chi connectivity index (χ2v) is 8.12. The summed E-state index contributed by atoms with van der Waals surface area (Å²) in [5.74, 6) is 1.06. The number of halogens is 1. The van der Waals surface area contributed by atoms with Gasteiger partial charge in [0.1, 0.15) is 0 Å². The van der Waals surface area contributed by atoms with Crippen molar-refractivity contribution in [2.75, 3.05) is 12.8 Å². The second kappa shape index (κ2) is 7.64. The van der Waals surface area contributed by atoms with E-state index in [9.17, 15) is 5.11 Å². The average Bonchev–Trinajstić information content (AvgIpc) is 3.21. The number of aliphatic imine (C=N–C) groups is 1. The first-order valence-electron chi connectivity index (χ1n) is 7.67. The van der Waals surface area contributed by atoms with Crippen LogP contribution >= 0.6 is 34.7 Å². The zero-order chi connectivity index (χ0) is 18.0. The molecular weight excluding hydrogens is 374 g/mol. The molecule has 1 fully saturated rings. The predicted octanol–water partition coefficient (Wildman–Crippen LogP) is 5.38. The van der Waals surface area contributed by atoms with E-state index in [0.29, 0.717) is 15.7 Å². The first-order valence-corrected chi connectivity index (χ1v) is 9.85. The number of hydrogen-bond donors (Lipinski definition) is 1. The Bertz CT molecular complexity index is 841. The van der Waals surface area contributed by atoms with Gasteiger partial charge in [-0.2, -0.15) is 0 Å². The molecule has 1 N–H and O–H groups in total. The van der Waals surface area contributed by atoms with Crippen molar-refractivity contribution in [2.45, 2.75) is 13.0 Å². The van der Waals surface area contributed by atoms with Gasteiger partial charge in [0.2, 0.25) is 0 Å². The molecule has 1 atom stereocenters. The highest BCUT2D eigenvalue weighted by Gasteiger charge is 2.36. The quantitative estimate of drug-likeness (QED) is 0.561. The molecule has 3 rings (SSSR count). The Kier molecular flexibility index (Phi) is 5.51. The van der Waals surface area contributed by atoms with Crippen molar-refractivity contribution in [2.24, 2.45) is 4.99 Å². The van der Waals surface area contributed by atoms with Gasteiger partial charge < -0.3 is 10.0 Å². The Morgan fingerprint density at radius 2 is 2.12 bits per heavy atom. The Morgan fingerprint density at radius 1 is 1.40 bits per heavy atom. The number of aliphatic hydroxyl groups excluding tert-OH is 1. The summed E-state index contributed by atoms with van der Waals surface area (Å²) in [5, 5.41) is 11.2. The van der Waals surface area contributed by atoms with Crippen LogP contribution in [0.4, 0.5) is 0 Å². The molecule has 1 aliphatic heterocycles. The number of rotatable bonds is 4. The van der Waals surface area contributed by atoms with Crippen molar-refractivity contribution >= 4 is 45.4 Å².